The molecule has 0 fully saturated rings. The fourth-order valence-corrected chi connectivity index (χ4v) is 4.18. The summed E-state index contributed by atoms with van der Waals surface area (Å²) >= 11 is 0. The molecule has 0 aromatic heterocycles. The monoisotopic (exact) mass is 480 g/mol. The number of amides is 2. The lowest BCUT2D eigenvalue weighted by Crippen LogP contribution is -2.53. The van der Waals surface area contributed by atoms with Crippen molar-refractivity contribution in [2.45, 2.75) is 51.1 Å². The van der Waals surface area contributed by atoms with Gasteiger partial charge in [-0.3, -0.25) is 14.4 Å². The predicted molar refractivity (Wildman–Crippen MR) is 130 cm³/mol. The molecule has 2 amide bonds. The lowest BCUT2D eigenvalue weighted by molar-refractivity contribution is -0.145. The molecule has 8 nitrogen and oxygen atoms in total. The van der Waals surface area contributed by atoms with Crippen molar-refractivity contribution in [3.63, 3.8) is 0 Å². The third-order valence-corrected chi connectivity index (χ3v) is 5.93. The largest absolute Gasteiger partial charge is 0.493 e. The van der Waals surface area contributed by atoms with Gasteiger partial charge < -0.3 is 20.1 Å². The van der Waals surface area contributed by atoms with Crippen LogP contribution in [0.1, 0.15) is 54.1 Å². The molecule has 0 bridgehead atoms. The number of methoxy groups -OCH3 is 1. The van der Waals surface area contributed by atoms with Gasteiger partial charge in [-0.25, -0.2) is 4.79 Å². The van der Waals surface area contributed by atoms with Gasteiger partial charge in [-0.2, -0.15) is 0 Å². The molecule has 3 atom stereocenters. The zero-order valence-electron chi connectivity index (χ0n) is 20.3. The molecule has 1 aliphatic rings. The van der Waals surface area contributed by atoms with E-state index in [2.05, 4.69) is 10.6 Å². The highest BCUT2D eigenvalue weighted by atomic mass is 16.5. The van der Waals surface area contributed by atoms with E-state index in [1.54, 1.807) is 18.2 Å². The highest BCUT2D eigenvalue weighted by Gasteiger charge is 2.31. The number of esters is 1. The molecule has 0 spiro atoms. The molecule has 1 heterocycles. The summed E-state index contributed by atoms with van der Waals surface area (Å²) in [5, 5.41) is 5.60. The molecule has 1 unspecified atom stereocenters. The molecule has 2 N–H and O–H groups in total. The Hall–Kier alpha value is -3.68. The van der Waals surface area contributed by atoms with Crippen molar-refractivity contribution in [3.05, 3.63) is 65.2 Å². The van der Waals surface area contributed by atoms with Crippen molar-refractivity contribution in [2.24, 2.45) is 5.92 Å². The molecular formula is C27H32N2O6. The average molecular weight is 481 g/mol. The number of carbonyl (C=O) groups is 4. The van der Waals surface area contributed by atoms with E-state index in [9.17, 15) is 19.2 Å². The van der Waals surface area contributed by atoms with Crippen LogP contribution in [0.3, 0.4) is 0 Å². The third kappa shape index (κ3) is 7.15. The molecule has 186 valence electrons. The number of ether oxygens (including phenoxy) is 2. The fraction of sp³-hybridized carbons (Fsp3) is 0.407. The molecular weight excluding hydrogens is 448 g/mol. The van der Waals surface area contributed by atoms with E-state index >= 15 is 0 Å². The quantitative estimate of drug-likeness (QED) is 0.378. The minimum Gasteiger partial charge on any atom is -0.493 e. The number of nitrogens with one attached hydrogen (secondary N) is 2. The summed E-state index contributed by atoms with van der Waals surface area (Å²) in [4.78, 5) is 49.6. The van der Waals surface area contributed by atoms with Crippen molar-refractivity contribution < 1.29 is 28.7 Å². The van der Waals surface area contributed by atoms with Crippen LogP contribution in [-0.2, 0) is 25.5 Å². The van der Waals surface area contributed by atoms with Gasteiger partial charge in [-0.1, -0.05) is 44.2 Å². The summed E-state index contributed by atoms with van der Waals surface area (Å²) in [6.45, 7) is 4.21. The minimum absolute atomic E-state index is 0.0975. The maximum atomic E-state index is 13.2. The molecule has 35 heavy (non-hydrogen) atoms. The number of hydrogen-bond donors (Lipinski definition) is 2. The van der Waals surface area contributed by atoms with Gasteiger partial charge in [-0.15, -0.1) is 0 Å². The van der Waals surface area contributed by atoms with Gasteiger partial charge in [0.05, 0.1) is 13.7 Å². The van der Waals surface area contributed by atoms with Crippen LogP contribution >= 0.6 is 0 Å². The molecule has 0 aliphatic carbocycles. The Morgan fingerprint density at radius 3 is 2.49 bits per heavy atom. The Morgan fingerprint density at radius 2 is 1.83 bits per heavy atom. The molecule has 1 aliphatic heterocycles. The first-order valence-corrected chi connectivity index (χ1v) is 11.7. The smallest absolute Gasteiger partial charge is 0.328 e. The summed E-state index contributed by atoms with van der Waals surface area (Å²) in [6, 6.07) is 12.8. The SMILES string of the molecule is COC(=O)[C@H](CC(C)C)NC(=O)[C@H](Cc1ccccc1)NC(=O)CC1COc2ccc(C=O)cc21. The van der Waals surface area contributed by atoms with E-state index in [0.717, 1.165) is 17.4 Å². The van der Waals surface area contributed by atoms with Crippen molar-refractivity contribution in [2.75, 3.05) is 13.7 Å². The Labute approximate surface area is 205 Å². The van der Waals surface area contributed by atoms with E-state index in [1.165, 1.54) is 7.11 Å². The Morgan fingerprint density at radius 1 is 1.09 bits per heavy atom. The van der Waals surface area contributed by atoms with Gasteiger partial charge in [0.1, 0.15) is 24.1 Å². The van der Waals surface area contributed by atoms with Gasteiger partial charge in [0.25, 0.3) is 0 Å². The standard InChI is InChI=1S/C27H32N2O6/c1-17(2)11-23(27(33)34-3)29-26(32)22(13-18-7-5-4-6-8-18)28-25(31)14-20-16-35-24-10-9-19(15-30)12-21(20)24/h4-10,12,15,17,20,22-23H,11,13-14,16H2,1-3H3,(H,28,31)(H,29,32)/t20?,22-,23-/m0/s1. The van der Waals surface area contributed by atoms with E-state index < -0.39 is 24.0 Å². The molecule has 0 radical (unpaired) electrons. The van der Waals surface area contributed by atoms with Gasteiger partial charge in [-0.05, 0) is 36.1 Å². The number of aldehydes is 1. The molecule has 0 saturated carbocycles. The molecule has 0 saturated heterocycles. The highest BCUT2D eigenvalue weighted by molar-refractivity contribution is 5.91. The number of fused-ring (bicyclic) bond motifs is 1. The topological polar surface area (TPSA) is 111 Å². The summed E-state index contributed by atoms with van der Waals surface area (Å²) in [7, 11) is 1.28. The second-order valence-electron chi connectivity index (χ2n) is 9.15. The van der Waals surface area contributed by atoms with Crippen LogP contribution in [0, 0.1) is 5.92 Å². The number of hydrogen-bond acceptors (Lipinski definition) is 6. The molecule has 2 aromatic carbocycles. The van der Waals surface area contributed by atoms with E-state index in [0.29, 0.717) is 24.3 Å². The van der Waals surface area contributed by atoms with Crippen LogP contribution in [0.2, 0.25) is 0 Å². The second-order valence-corrected chi connectivity index (χ2v) is 9.15. The maximum Gasteiger partial charge on any atom is 0.328 e. The van der Waals surface area contributed by atoms with Gasteiger partial charge in [0.15, 0.2) is 0 Å². The summed E-state index contributed by atoms with van der Waals surface area (Å²) in [6.07, 6.45) is 1.53. The Balaban J connectivity index is 1.73. The summed E-state index contributed by atoms with van der Waals surface area (Å²) < 4.78 is 10.5. The molecule has 8 heteroatoms. The predicted octanol–water partition coefficient (Wildman–Crippen LogP) is 2.80. The van der Waals surface area contributed by atoms with Crippen LogP contribution < -0.4 is 15.4 Å². The zero-order valence-corrected chi connectivity index (χ0v) is 20.3. The number of rotatable bonds is 11. The van der Waals surface area contributed by atoms with Gasteiger partial charge in [0.2, 0.25) is 11.8 Å². The number of carbonyl (C=O) groups excluding carboxylic acids is 4. The minimum atomic E-state index is -0.882. The average Bonchev–Trinajstić information content (AvgIpc) is 3.24. The van der Waals surface area contributed by atoms with E-state index in [-0.39, 0.29) is 30.6 Å². The lowest BCUT2D eigenvalue weighted by Gasteiger charge is -2.24. The fourth-order valence-electron chi connectivity index (χ4n) is 4.18. The second kappa shape index (κ2) is 12.1. The summed E-state index contributed by atoms with van der Waals surface area (Å²) in [5.41, 5.74) is 2.19. The van der Waals surface area contributed by atoms with Gasteiger partial charge >= 0.3 is 5.97 Å². The van der Waals surface area contributed by atoms with Gasteiger partial charge in [0, 0.05) is 29.9 Å². The van der Waals surface area contributed by atoms with Crippen LogP contribution in [0.15, 0.2) is 48.5 Å². The van der Waals surface area contributed by atoms with Crippen LogP contribution in [0.4, 0.5) is 0 Å². The Bertz CT molecular complexity index is 1050. The summed E-state index contributed by atoms with van der Waals surface area (Å²) in [5.74, 6) is -0.722. The van der Waals surface area contributed by atoms with Crippen LogP contribution in [0.25, 0.3) is 0 Å². The van der Waals surface area contributed by atoms with Crippen molar-refractivity contribution >= 4 is 24.1 Å². The van der Waals surface area contributed by atoms with Crippen molar-refractivity contribution in [1.82, 2.24) is 10.6 Å². The normalized spacial score (nSPS) is 15.9. The lowest BCUT2D eigenvalue weighted by atomic mass is 9.95. The van der Waals surface area contributed by atoms with E-state index in [1.807, 2.05) is 44.2 Å². The highest BCUT2D eigenvalue weighted by Crippen LogP contribution is 2.36. The van der Waals surface area contributed by atoms with Crippen LogP contribution in [-0.4, -0.2) is 49.9 Å². The van der Waals surface area contributed by atoms with Crippen molar-refractivity contribution in [3.8, 4) is 5.75 Å². The van der Waals surface area contributed by atoms with Crippen molar-refractivity contribution in [1.29, 1.82) is 0 Å². The first-order chi connectivity index (χ1) is 16.8. The maximum absolute atomic E-state index is 13.2. The Kier molecular flexibility index (Phi) is 9.00. The third-order valence-electron chi connectivity index (χ3n) is 5.93. The molecule has 2 aromatic rings. The zero-order chi connectivity index (χ0) is 25.4. The van der Waals surface area contributed by atoms with E-state index in [4.69, 9.17) is 9.47 Å². The number of benzene rings is 2. The van der Waals surface area contributed by atoms with Crippen LogP contribution in [0.5, 0.6) is 5.75 Å². The first-order valence-electron chi connectivity index (χ1n) is 11.7. The first kappa shape index (κ1) is 25.9. The molecule has 3 rings (SSSR count).